The number of carbonyl (C=O) groups is 3. The summed E-state index contributed by atoms with van der Waals surface area (Å²) in [6.07, 6.45) is 1.61. The lowest BCUT2D eigenvalue weighted by molar-refractivity contribution is -0.116. The molecular weight excluding hydrogens is 638 g/mol. The van der Waals surface area contributed by atoms with E-state index in [1.165, 1.54) is 20.3 Å². The van der Waals surface area contributed by atoms with Crippen molar-refractivity contribution in [1.29, 1.82) is 0 Å². The number of halogens is 4. The maximum Gasteiger partial charge on any atom is 0.272 e. The fourth-order valence-corrected chi connectivity index (χ4v) is 5.28. The lowest BCUT2D eigenvalue weighted by atomic mass is 10.1. The molecule has 13 heteroatoms. The lowest BCUT2D eigenvalue weighted by Crippen LogP contribution is -2.30. The van der Waals surface area contributed by atoms with Gasteiger partial charge in [-0.1, -0.05) is 31.2 Å². The molecule has 0 aliphatic heterocycles. The molecule has 47 heavy (non-hydrogen) atoms. The van der Waals surface area contributed by atoms with Gasteiger partial charge in [-0.05, 0) is 61.0 Å². The molecule has 0 saturated carbocycles. The molecule has 0 aromatic heterocycles. The van der Waals surface area contributed by atoms with Gasteiger partial charge >= 0.3 is 0 Å². The van der Waals surface area contributed by atoms with Crippen LogP contribution in [0.2, 0.25) is 0 Å². The maximum atomic E-state index is 14.1. The van der Waals surface area contributed by atoms with Gasteiger partial charge in [0.1, 0.15) is 22.9 Å². The molecule has 1 atom stereocenters. The minimum Gasteiger partial charge on any atom is -0.497 e. The fourth-order valence-electron chi connectivity index (χ4n) is 4.27. The second-order valence-corrected chi connectivity index (χ2v) is 11.1. The van der Waals surface area contributed by atoms with Crippen molar-refractivity contribution in [1.82, 2.24) is 5.32 Å². The van der Waals surface area contributed by atoms with E-state index in [2.05, 4.69) is 10.6 Å². The smallest absolute Gasteiger partial charge is 0.272 e. The van der Waals surface area contributed by atoms with Gasteiger partial charge in [-0.2, -0.15) is 0 Å². The number of anilines is 2. The molecule has 3 N–H and O–H groups in total. The van der Waals surface area contributed by atoms with Crippen LogP contribution in [0.1, 0.15) is 29.3 Å². The minimum absolute atomic E-state index is 0.0487. The van der Waals surface area contributed by atoms with Gasteiger partial charge in [-0.25, -0.2) is 17.6 Å². The molecule has 4 rings (SSSR count). The summed E-state index contributed by atoms with van der Waals surface area (Å²) < 4.78 is 66.3. The Kier molecular flexibility index (Phi) is 11.6. The van der Waals surface area contributed by atoms with Crippen LogP contribution in [0.5, 0.6) is 11.5 Å². The standard InChI is InChI=1S/C34H29F4N3O5S/c1-4-28(34(44)41-31-29(37)24(35)18-25(36)30(31)38)47-23-12-8-11-21(17-23)39-33(43)26(40-32(42)19-9-6-5-7-10-19)16-20-15-22(45-2)13-14-27(20)46-3/h5-18,28H,4H2,1-3H3,(H,39,43)(H,40,42)(H,41,44)/b26-16+. The first-order chi connectivity index (χ1) is 22.5. The fraction of sp³-hybridized carbons (Fsp3) is 0.147. The Bertz CT molecular complexity index is 1800. The summed E-state index contributed by atoms with van der Waals surface area (Å²) in [6.45, 7) is 1.64. The highest BCUT2D eigenvalue weighted by molar-refractivity contribution is 8.00. The Morgan fingerprint density at radius 3 is 2.17 bits per heavy atom. The molecule has 0 radical (unpaired) electrons. The van der Waals surface area contributed by atoms with Crippen molar-refractivity contribution in [3.05, 3.63) is 119 Å². The van der Waals surface area contributed by atoms with Crippen LogP contribution in [0.4, 0.5) is 28.9 Å². The molecule has 0 fully saturated rings. The second kappa shape index (κ2) is 15.8. The summed E-state index contributed by atoms with van der Waals surface area (Å²) in [5, 5.41) is 6.37. The van der Waals surface area contributed by atoms with Crippen LogP contribution in [0.15, 0.2) is 89.5 Å². The topological polar surface area (TPSA) is 106 Å². The molecule has 4 aromatic rings. The highest BCUT2D eigenvalue weighted by Crippen LogP contribution is 2.31. The SMILES string of the molecule is CCC(Sc1cccc(NC(=O)/C(=C\c2cc(OC)ccc2OC)NC(=O)c2ccccc2)c1)C(=O)Nc1c(F)c(F)cc(F)c1F. The number of amides is 3. The first-order valence-electron chi connectivity index (χ1n) is 14.1. The Morgan fingerprint density at radius 2 is 1.53 bits per heavy atom. The Balaban J connectivity index is 1.57. The number of benzene rings is 4. The monoisotopic (exact) mass is 667 g/mol. The van der Waals surface area contributed by atoms with E-state index in [0.717, 1.165) is 11.8 Å². The van der Waals surface area contributed by atoms with Crippen LogP contribution in [0.3, 0.4) is 0 Å². The first-order valence-corrected chi connectivity index (χ1v) is 14.9. The van der Waals surface area contributed by atoms with Gasteiger partial charge in [0.15, 0.2) is 23.3 Å². The number of rotatable bonds is 12. The third-order valence-corrected chi connectivity index (χ3v) is 8.02. The summed E-state index contributed by atoms with van der Waals surface area (Å²) in [4.78, 5) is 40.0. The zero-order chi connectivity index (χ0) is 34.1. The van der Waals surface area contributed by atoms with Crippen molar-refractivity contribution in [2.24, 2.45) is 0 Å². The number of hydrogen-bond donors (Lipinski definition) is 3. The van der Waals surface area contributed by atoms with Crippen molar-refractivity contribution < 1.29 is 41.4 Å². The Hall–Kier alpha value is -5.30. The third kappa shape index (κ3) is 8.70. The Morgan fingerprint density at radius 1 is 0.830 bits per heavy atom. The number of thioether (sulfide) groups is 1. The molecular formula is C34H29F4N3O5S. The van der Waals surface area contributed by atoms with Gasteiger partial charge < -0.3 is 25.4 Å². The van der Waals surface area contributed by atoms with E-state index in [9.17, 15) is 31.9 Å². The van der Waals surface area contributed by atoms with Gasteiger partial charge in [0.2, 0.25) is 5.91 Å². The van der Waals surface area contributed by atoms with Gasteiger partial charge in [0.05, 0.1) is 19.5 Å². The predicted octanol–water partition coefficient (Wildman–Crippen LogP) is 7.18. The number of hydrogen-bond acceptors (Lipinski definition) is 6. The molecule has 0 bridgehead atoms. The molecule has 0 saturated heterocycles. The highest BCUT2D eigenvalue weighted by Gasteiger charge is 2.25. The van der Waals surface area contributed by atoms with Crippen LogP contribution in [-0.4, -0.2) is 37.2 Å². The molecule has 0 aliphatic rings. The van der Waals surface area contributed by atoms with Crippen LogP contribution in [0.25, 0.3) is 6.08 Å². The highest BCUT2D eigenvalue weighted by atomic mass is 32.2. The second-order valence-electron chi connectivity index (χ2n) is 9.82. The predicted molar refractivity (Wildman–Crippen MR) is 171 cm³/mol. The van der Waals surface area contributed by atoms with Crippen molar-refractivity contribution in [3.8, 4) is 11.5 Å². The molecule has 0 heterocycles. The number of ether oxygens (including phenoxy) is 2. The normalized spacial score (nSPS) is 11.8. The summed E-state index contributed by atoms with van der Waals surface area (Å²) >= 11 is 0.995. The molecule has 0 aliphatic carbocycles. The van der Waals surface area contributed by atoms with Gasteiger partial charge in [0.25, 0.3) is 11.8 Å². The molecule has 0 spiro atoms. The van der Waals surface area contributed by atoms with Gasteiger partial charge in [0, 0.05) is 27.8 Å². The zero-order valence-electron chi connectivity index (χ0n) is 25.3. The van der Waals surface area contributed by atoms with E-state index in [4.69, 9.17) is 9.47 Å². The van der Waals surface area contributed by atoms with E-state index >= 15 is 0 Å². The van der Waals surface area contributed by atoms with Gasteiger partial charge in [-0.15, -0.1) is 11.8 Å². The Labute approximate surface area is 272 Å². The third-order valence-electron chi connectivity index (χ3n) is 6.66. The zero-order valence-corrected chi connectivity index (χ0v) is 26.1. The van der Waals surface area contributed by atoms with Crippen LogP contribution in [-0.2, 0) is 9.59 Å². The largest absolute Gasteiger partial charge is 0.497 e. The van der Waals surface area contributed by atoms with E-state index in [0.29, 0.717) is 27.5 Å². The van der Waals surface area contributed by atoms with Crippen LogP contribution < -0.4 is 25.4 Å². The number of carbonyl (C=O) groups excluding carboxylic acids is 3. The van der Waals surface area contributed by atoms with Crippen LogP contribution in [0, 0.1) is 23.3 Å². The van der Waals surface area contributed by atoms with Crippen molar-refractivity contribution >= 4 is 46.9 Å². The van der Waals surface area contributed by atoms with E-state index in [1.807, 2.05) is 5.32 Å². The maximum absolute atomic E-state index is 14.1. The minimum atomic E-state index is -1.73. The number of methoxy groups -OCH3 is 2. The molecule has 1 unspecified atom stereocenters. The molecule has 4 aromatic carbocycles. The molecule has 3 amide bonds. The summed E-state index contributed by atoms with van der Waals surface area (Å²) in [5.74, 6) is -7.98. The van der Waals surface area contributed by atoms with Crippen LogP contribution >= 0.6 is 11.8 Å². The van der Waals surface area contributed by atoms with E-state index in [1.54, 1.807) is 79.7 Å². The van der Waals surface area contributed by atoms with Crippen molar-refractivity contribution in [2.45, 2.75) is 23.5 Å². The lowest BCUT2D eigenvalue weighted by Gasteiger charge is -2.17. The van der Waals surface area contributed by atoms with Crippen molar-refractivity contribution in [2.75, 3.05) is 24.9 Å². The molecule has 8 nitrogen and oxygen atoms in total. The van der Waals surface area contributed by atoms with E-state index in [-0.39, 0.29) is 23.9 Å². The summed E-state index contributed by atoms with van der Waals surface area (Å²) in [5.41, 5.74) is -0.306. The van der Waals surface area contributed by atoms with Gasteiger partial charge in [-0.3, -0.25) is 14.4 Å². The average molecular weight is 668 g/mol. The first kappa shape index (κ1) is 34.6. The number of nitrogens with one attached hydrogen (secondary N) is 3. The summed E-state index contributed by atoms with van der Waals surface area (Å²) in [7, 11) is 2.94. The summed E-state index contributed by atoms with van der Waals surface area (Å²) in [6, 6.07) is 19.6. The van der Waals surface area contributed by atoms with Crippen molar-refractivity contribution in [3.63, 3.8) is 0 Å². The van der Waals surface area contributed by atoms with E-state index < -0.39 is 51.9 Å². The molecule has 244 valence electrons. The average Bonchev–Trinajstić information content (AvgIpc) is 3.08. The quantitative estimate of drug-likeness (QED) is 0.0640.